The molecule has 0 saturated heterocycles. The largest absolute Gasteiger partial charge is 0.492 e. The first kappa shape index (κ1) is 43.4. The van der Waals surface area contributed by atoms with E-state index in [0.717, 1.165) is 114 Å². The van der Waals surface area contributed by atoms with E-state index in [1.807, 2.05) is 24.3 Å². The zero-order valence-electron chi connectivity index (χ0n) is 34.6. The van der Waals surface area contributed by atoms with Crippen LogP contribution in [0.5, 0.6) is 40.2 Å². The van der Waals surface area contributed by atoms with Gasteiger partial charge in [0.15, 0.2) is 28.7 Å². The topological polar surface area (TPSA) is 108 Å². The SMILES string of the molecule is CCCCCCOc1cc2c3cc(OCCCCCC)c(OCCCCCC)cc3c3c([N+](=O)[O-])c(OC)c(OC)c(OC)c3c2cc1OCCCCCC. The first-order valence-electron chi connectivity index (χ1n) is 20.8. The highest BCUT2D eigenvalue weighted by atomic mass is 16.6. The normalized spacial score (nSPS) is 11.3. The van der Waals surface area contributed by atoms with Crippen molar-refractivity contribution in [3.8, 4) is 40.2 Å². The van der Waals surface area contributed by atoms with Gasteiger partial charge in [-0.3, -0.25) is 10.1 Å². The maximum absolute atomic E-state index is 13.2. The number of nitro groups is 1. The van der Waals surface area contributed by atoms with Crippen LogP contribution in [0.25, 0.3) is 32.3 Å². The monoisotopic (exact) mass is 763 g/mol. The number of unbranched alkanes of at least 4 members (excludes halogenated alkanes) is 12. The van der Waals surface area contributed by atoms with Gasteiger partial charge in [0.25, 0.3) is 0 Å². The Hall–Kier alpha value is -4.34. The van der Waals surface area contributed by atoms with Crippen molar-refractivity contribution in [1.82, 2.24) is 0 Å². The lowest BCUT2D eigenvalue weighted by molar-refractivity contribution is -0.383. The van der Waals surface area contributed by atoms with Gasteiger partial charge >= 0.3 is 5.69 Å². The van der Waals surface area contributed by atoms with Crippen molar-refractivity contribution in [2.24, 2.45) is 0 Å². The number of nitro benzene ring substituents is 1. The molecule has 0 heterocycles. The second kappa shape index (κ2) is 22.9. The summed E-state index contributed by atoms with van der Waals surface area (Å²) in [5, 5.41) is 16.9. The number of benzene rings is 4. The van der Waals surface area contributed by atoms with Crippen LogP contribution in [0.1, 0.15) is 130 Å². The predicted octanol–water partition coefficient (Wildman–Crippen LogP) is 12.9. The molecule has 0 saturated carbocycles. The fraction of sp³-hybridized carbons (Fsp3) is 0.600. The van der Waals surface area contributed by atoms with Crippen LogP contribution in [0.3, 0.4) is 0 Å². The number of fused-ring (bicyclic) bond motifs is 6. The molecule has 0 bridgehead atoms. The van der Waals surface area contributed by atoms with Gasteiger partial charge in [0.1, 0.15) is 0 Å². The smallest absolute Gasteiger partial charge is 0.323 e. The van der Waals surface area contributed by atoms with Crippen molar-refractivity contribution in [2.75, 3.05) is 47.8 Å². The summed E-state index contributed by atoms with van der Waals surface area (Å²) >= 11 is 0. The minimum atomic E-state index is -0.406. The van der Waals surface area contributed by atoms with Gasteiger partial charge in [-0.25, -0.2) is 0 Å². The van der Waals surface area contributed by atoms with Crippen molar-refractivity contribution in [3.05, 3.63) is 34.4 Å². The number of hydrogen-bond acceptors (Lipinski definition) is 9. The highest BCUT2D eigenvalue weighted by molar-refractivity contribution is 6.31. The molecule has 0 N–H and O–H groups in total. The van der Waals surface area contributed by atoms with E-state index in [2.05, 4.69) is 27.7 Å². The lowest BCUT2D eigenvalue weighted by Gasteiger charge is -2.22. The van der Waals surface area contributed by atoms with E-state index < -0.39 is 4.92 Å². The van der Waals surface area contributed by atoms with E-state index in [0.29, 0.717) is 76.7 Å². The molecule has 0 amide bonds. The molecule has 0 atom stereocenters. The molecule has 0 aliphatic rings. The van der Waals surface area contributed by atoms with Crippen molar-refractivity contribution in [2.45, 2.75) is 130 Å². The van der Waals surface area contributed by atoms with Crippen LogP contribution < -0.4 is 33.2 Å². The second-order valence-corrected chi connectivity index (χ2v) is 14.3. The van der Waals surface area contributed by atoms with Crippen LogP contribution >= 0.6 is 0 Å². The third-order valence-corrected chi connectivity index (χ3v) is 10.2. The van der Waals surface area contributed by atoms with Crippen molar-refractivity contribution >= 4 is 38.0 Å². The summed E-state index contributed by atoms with van der Waals surface area (Å²) in [6, 6.07) is 7.82. The molecule has 55 heavy (non-hydrogen) atoms. The Morgan fingerprint density at radius 1 is 0.436 bits per heavy atom. The average Bonchev–Trinajstić information content (AvgIpc) is 3.19. The lowest BCUT2D eigenvalue weighted by Crippen LogP contribution is -2.05. The highest BCUT2D eigenvalue weighted by Crippen LogP contribution is 2.56. The summed E-state index contributed by atoms with van der Waals surface area (Å²) in [6.07, 6.45) is 16.9. The van der Waals surface area contributed by atoms with Gasteiger partial charge in [0.2, 0.25) is 11.5 Å². The average molecular weight is 764 g/mol. The summed E-state index contributed by atoms with van der Waals surface area (Å²) in [5.74, 6) is 2.81. The van der Waals surface area contributed by atoms with E-state index in [9.17, 15) is 10.1 Å². The molecule has 0 aliphatic carbocycles. The third kappa shape index (κ3) is 10.9. The number of ether oxygens (including phenoxy) is 7. The summed E-state index contributed by atoms with van der Waals surface area (Å²) in [6.45, 7) is 10.9. The highest BCUT2D eigenvalue weighted by Gasteiger charge is 2.33. The van der Waals surface area contributed by atoms with E-state index in [-0.39, 0.29) is 17.2 Å². The molecule has 0 unspecified atom stereocenters. The second-order valence-electron chi connectivity index (χ2n) is 14.3. The molecule has 0 radical (unpaired) electrons. The Morgan fingerprint density at radius 3 is 1.07 bits per heavy atom. The molecule has 4 aromatic carbocycles. The number of nitrogens with zero attached hydrogens (tertiary/aromatic N) is 1. The molecule has 4 aromatic rings. The van der Waals surface area contributed by atoms with Crippen LogP contribution in [0.2, 0.25) is 0 Å². The Labute approximate surface area is 328 Å². The summed E-state index contributed by atoms with van der Waals surface area (Å²) < 4.78 is 43.6. The van der Waals surface area contributed by atoms with Crippen molar-refractivity contribution < 1.29 is 38.1 Å². The quantitative estimate of drug-likeness (QED) is 0.0242. The molecular weight excluding hydrogens is 698 g/mol. The molecule has 0 aliphatic heterocycles. The molecule has 10 heteroatoms. The van der Waals surface area contributed by atoms with E-state index in [4.69, 9.17) is 33.2 Å². The number of rotatable bonds is 28. The maximum atomic E-state index is 13.2. The molecule has 0 aromatic heterocycles. The maximum Gasteiger partial charge on any atom is 0.323 e. The standard InChI is InChI=1S/C45H65NO9/c1-8-12-16-20-24-52-36-28-32-33-29-37(53-25-21-17-13-9-2)39(55-27-23-19-15-11-4)31-35(33)41-40(34(32)30-38(36)54-26-22-18-14-10-3)42(46(47)48)44(50-6)45(51-7)43(41)49-5/h28-31H,8-27H2,1-7H3. The summed E-state index contributed by atoms with van der Waals surface area (Å²) in [4.78, 5) is 12.8. The molecule has 10 nitrogen and oxygen atoms in total. The van der Waals surface area contributed by atoms with Gasteiger partial charge < -0.3 is 33.2 Å². The van der Waals surface area contributed by atoms with Gasteiger partial charge in [-0.1, -0.05) is 105 Å². The summed E-state index contributed by atoms with van der Waals surface area (Å²) in [7, 11) is 4.41. The number of methoxy groups -OCH3 is 3. The van der Waals surface area contributed by atoms with E-state index in [1.165, 1.54) is 21.3 Å². The Kier molecular flexibility index (Phi) is 18.1. The van der Waals surface area contributed by atoms with Gasteiger partial charge in [0.05, 0.1) is 58.1 Å². The van der Waals surface area contributed by atoms with Gasteiger partial charge in [-0.05, 0) is 66.1 Å². The molecule has 4 rings (SSSR count). The summed E-state index contributed by atoms with van der Waals surface area (Å²) in [5.41, 5.74) is -0.220. The van der Waals surface area contributed by atoms with Crippen LogP contribution in [-0.2, 0) is 0 Å². The first-order valence-corrected chi connectivity index (χ1v) is 20.8. The van der Waals surface area contributed by atoms with Gasteiger partial charge in [0, 0.05) is 10.8 Å². The van der Waals surface area contributed by atoms with Crippen molar-refractivity contribution in [3.63, 3.8) is 0 Å². The van der Waals surface area contributed by atoms with Gasteiger partial charge in [-0.15, -0.1) is 0 Å². The minimum absolute atomic E-state index is 0.0183. The van der Waals surface area contributed by atoms with Crippen LogP contribution in [0.15, 0.2) is 24.3 Å². The Balaban J connectivity index is 2.10. The zero-order valence-corrected chi connectivity index (χ0v) is 34.6. The molecule has 304 valence electrons. The molecule has 0 spiro atoms. The minimum Gasteiger partial charge on any atom is -0.492 e. The van der Waals surface area contributed by atoms with Crippen molar-refractivity contribution in [1.29, 1.82) is 0 Å². The fourth-order valence-electron chi connectivity index (χ4n) is 7.21. The van der Waals surface area contributed by atoms with Gasteiger partial charge in [-0.2, -0.15) is 0 Å². The van der Waals surface area contributed by atoms with Crippen LogP contribution in [0.4, 0.5) is 5.69 Å². The fourth-order valence-corrected chi connectivity index (χ4v) is 7.21. The Morgan fingerprint density at radius 2 is 0.764 bits per heavy atom. The Bertz CT molecular complexity index is 1820. The molecular formula is C45H65NO9. The first-order chi connectivity index (χ1) is 26.9. The number of hydrogen-bond donors (Lipinski definition) is 0. The molecule has 0 fully saturated rings. The lowest BCUT2D eigenvalue weighted by atomic mass is 9.91. The van der Waals surface area contributed by atoms with E-state index >= 15 is 0 Å². The van der Waals surface area contributed by atoms with Crippen LogP contribution in [0, 0.1) is 10.1 Å². The van der Waals surface area contributed by atoms with E-state index in [1.54, 1.807) is 0 Å². The predicted molar refractivity (Wildman–Crippen MR) is 224 cm³/mol. The van der Waals surface area contributed by atoms with Crippen LogP contribution in [-0.4, -0.2) is 52.7 Å². The third-order valence-electron chi connectivity index (χ3n) is 10.2. The zero-order chi connectivity index (χ0) is 39.6.